The Hall–Kier alpha value is -2.12. The van der Waals surface area contributed by atoms with E-state index in [4.69, 9.17) is 4.74 Å². The summed E-state index contributed by atoms with van der Waals surface area (Å²) in [6.07, 6.45) is 1.35. The molecule has 0 aliphatic rings. The fourth-order valence-corrected chi connectivity index (χ4v) is 3.10. The van der Waals surface area contributed by atoms with Crippen LogP contribution in [0.3, 0.4) is 0 Å². The van der Waals surface area contributed by atoms with Crippen LogP contribution in [-0.4, -0.2) is 20.0 Å². The van der Waals surface area contributed by atoms with Gasteiger partial charge in [0.2, 0.25) is 5.56 Å². The number of hydrogen-bond acceptors (Lipinski definition) is 4. The van der Waals surface area contributed by atoms with Crippen LogP contribution in [0.25, 0.3) is 0 Å². The lowest BCUT2D eigenvalue weighted by atomic mass is 10.2. The number of aromatic nitrogens is 1. The molecule has 0 fully saturated rings. The Labute approximate surface area is 129 Å². The van der Waals surface area contributed by atoms with E-state index in [2.05, 4.69) is 9.71 Å². The molecule has 0 bridgehead atoms. The molecule has 0 saturated heterocycles. The average molecular weight is 322 g/mol. The Balaban J connectivity index is 2.28. The normalized spacial score (nSPS) is 11.4. The van der Waals surface area contributed by atoms with Gasteiger partial charge in [-0.1, -0.05) is 12.1 Å². The van der Waals surface area contributed by atoms with Gasteiger partial charge in [0.05, 0.1) is 17.2 Å². The van der Waals surface area contributed by atoms with Gasteiger partial charge in [0.15, 0.2) is 0 Å². The van der Waals surface area contributed by atoms with Crippen molar-refractivity contribution in [3.05, 3.63) is 58.0 Å². The summed E-state index contributed by atoms with van der Waals surface area (Å²) in [7, 11) is -3.72. The zero-order valence-corrected chi connectivity index (χ0v) is 13.2. The van der Waals surface area contributed by atoms with Crippen LogP contribution in [-0.2, 0) is 21.4 Å². The highest BCUT2D eigenvalue weighted by atomic mass is 32.2. The number of aryl methyl sites for hydroxylation is 1. The number of ether oxygens (including phenoxy) is 1. The first-order valence-electron chi connectivity index (χ1n) is 6.81. The number of sulfonamides is 1. The van der Waals surface area contributed by atoms with Gasteiger partial charge in [-0.2, -0.15) is 0 Å². The highest BCUT2D eigenvalue weighted by Crippen LogP contribution is 2.18. The van der Waals surface area contributed by atoms with Gasteiger partial charge in [-0.3, -0.25) is 9.52 Å². The van der Waals surface area contributed by atoms with Gasteiger partial charge in [-0.25, -0.2) is 8.42 Å². The third kappa shape index (κ3) is 3.96. The molecule has 0 atom stereocenters. The maximum Gasteiger partial charge on any atom is 0.261 e. The van der Waals surface area contributed by atoms with Gasteiger partial charge >= 0.3 is 0 Å². The van der Waals surface area contributed by atoms with Crippen molar-refractivity contribution in [2.75, 3.05) is 11.3 Å². The number of aromatic amines is 1. The van der Waals surface area contributed by atoms with E-state index in [9.17, 15) is 13.2 Å². The summed E-state index contributed by atoms with van der Waals surface area (Å²) < 4.78 is 32.6. The Morgan fingerprint density at radius 2 is 2.05 bits per heavy atom. The van der Waals surface area contributed by atoms with Crippen molar-refractivity contribution >= 4 is 15.7 Å². The van der Waals surface area contributed by atoms with E-state index in [-0.39, 0.29) is 10.5 Å². The summed E-state index contributed by atoms with van der Waals surface area (Å²) in [5, 5.41) is 0. The fourth-order valence-electron chi connectivity index (χ4n) is 1.91. The summed E-state index contributed by atoms with van der Waals surface area (Å²) in [6.45, 7) is 4.46. The molecule has 1 heterocycles. The van der Waals surface area contributed by atoms with E-state index in [1.807, 2.05) is 6.92 Å². The molecule has 2 N–H and O–H groups in total. The van der Waals surface area contributed by atoms with Crippen molar-refractivity contribution < 1.29 is 13.2 Å². The van der Waals surface area contributed by atoms with Crippen molar-refractivity contribution in [1.29, 1.82) is 0 Å². The third-order valence-electron chi connectivity index (χ3n) is 3.06. The lowest BCUT2D eigenvalue weighted by Crippen LogP contribution is -2.16. The van der Waals surface area contributed by atoms with Crippen LogP contribution in [0.1, 0.15) is 18.1 Å². The number of hydrogen-bond donors (Lipinski definition) is 2. The molecule has 0 aliphatic heterocycles. The van der Waals surface area contributed by atoms with Gasteiger partial charge < -0.3 is 9.72 Å². The van der Waals surface area contributed by atoms with Gasteiger partial charge in [-0.15, -0.1) is 0 Å². The summed E-state index contributed by atoms with van der Waals surface area (Å²) in [5.74, 6) is 0. The summed E-state index contributed by atoms with van der Waals surface area (Å²) in [6, 6.07) is 7.89. The molecule has 0 spiro atoms. The van der Waals surface area contributed by atoms with E-state index in [0.29, 0.717) is 24.5 Å². The lowest BCUT2D eigenvalue weighted by molar-refractivity contribution is 0.134. The first-order valence-corrected chi connectivity index (χ1v) is 8.29. The maximum absolute atomic E-state index is 12.4. The van der Waals surface area contributed by atoms with E-state index in [1.54, 1.807) is 25.1 Å². The molecule has 22 heavy (non-hydrogen) atoms. The summed E-state index contributed by atoms with van der Waals surface area (Å²) >= 11 is 0. The van der Waals surface area contributed by atoms with E-state index >= 15 is 0 Å². The first kappa shape index (κ1) is 16.3. The highest BCUT2D eigenvalue weighted by Gasteiger charge is 2.16. The van der Waals surface area contributed by atoms with E-state index in [1.165, 1.54) is 18.3 Å². The average Bonchev–Trinajstić information content (AvgIpc) is 2.48. The Kier molecular flexibility index (Phi) is 4.99. The van der Waals surface area contributed by atoms with Gasteiger partial charge in [0, 0.05) is 18.9 Å². The smallest absolute Gasteiger partial charge is 0.261 e. The lowest BCUT2D eigenvalue weighted by Gasteiger charge is -2.11. The third-order valence-corrected chi connectivity index (χ3v) is 4.42. The first-order chi connectivity index (χ1) is 10.4. The summed E-state index contributed by atoms with van der Waals surface area (Å²) in [4.78, 5) is 13.8. The van der Waals surface area contributed by atoms with Crippen LogP contribution in [0.2, 0.25) is 0 Å². The van der Waals surface area contributed by atoms with Gasteiger partial charge in [0.25, 0.3) is 10.0 Å². The highest BCUT2D eigenvalue weighted by molar-refractivity contribution is 7.92. The maximum atomic E-state index is 12.4. The Morgan fingerprint density at radius 3 is 2.73 bits per heavy atom. The number of rotatable bonds is 6. The van der Waals surface area contributed by atoms with Crippen LogP contribution in [0.4, 0.5) is 5.69 Å². The van der Waals surface area contributed by atoms with Crippen LogP contribution >= 0.6 is 0 Å². The largest absolute Gasteiger partial charge is 0.377 e. The minimum absolute atomic E-state index is 0.148. The minimum atomic E-state index is -3.72. The fraction of sp³-hybridized carbons (Fsp3) is 0.267. The van der Waals surface area contributed by atoms with Crippen molar-refractivity contribution in [2.24, 2.45) is 0 Å². The molecule has 0 unspecified atom stereocenters. The topological polar surface area (TPSA) is 88.3 Å². The quantitative estimate of drug-likeness (QED) is 0.851. The molecule has 118 valence electrons. The van der Waals surface area contributed by atoms with Gasteiger partial charge in [-0.05, 0) is 37.1 Å². The zero-order valence-electron chi connectivity index (χ0n) is 12.4. The van der Waals surface area contributed by atoms with Crippen molar-refractivity contribution in [1.82, 2.24) is 4.98 Å². The van der Waals surface area contributed by atoms with Crippen LogP contribution in [0.5, 0.6) is 0 Å². The number of H-pyrrole nitrogens is 1. The second-order valence-corrected chi connectivity index (χ2v) is 6.47. The number of nitrogens with one attached hydrogen (secondary N) is 2. The second kappa shape index (κ2) is 6.76. The molecule has 2 rings (SSSR count). The number of pyridine rings is 1. The zero-order chi connectivity index (χ0) is 16.2. The van der Waals surface area contributed by atoms with Crippen LogP contribution in [0, 0.1) is 6.92 Å². The molecule has 0 aliphatic carbocycles. The molecule has 0 saturated carbocycles. The molecule has 7 heteroatoms. The minimum Gasteiger partial charge on any atom is -0.377 e. The molecular formula is C15H18N2O4S. The molecule has 6 nitrogen and oxygen atoms in total. The van der Waals surface area contributed by atoms with Gasteiger partial charge in [0.1, 0.15) is 0 Å². The molecule has 1 aromatic carbocycles. The molecule has 2 aromatic rings. The van der Waals surface area contributed by atoms with Crippen LogP contribution < -0.4 is 10.3 Å². The number of anilines is 1. The predicted molar refractivity (Wildman–Crippen MR) is 84.4 cm³/mol. The summed E-state index contributed by atoms with van der Waals surface area (Å²) in [5.41, 5.74) is 1.40. The Morgan fingerprint density at radius 1 is 1.27 bits per heavy atom. The molecule has 0 amide bonds. The standard InChI is InChI=1S/C15H18N2O4S/c1-3-21-10-12-5-4-6-13(8-12)22(19,20)17-14-9-16-15(18)7-11(14)2/h4-9,17H,3,10H2,1-2H3,(H,16,18). The second-order valence-electron chi connectivity index (χ2n) is 4.78. The Bertz CT molecular complexity index is 812. The van der Waals surface area contributed by atoms with E-state index in [0.717, 1.165) is 5.56 Å². The molecule has 0 radical (unpaired) electrons. The van der Waals surface area contributed by atoms with Crippen molar-refractivity contribution in [2.45, 2.75) is 25.3 Å². The van der Waals surface area contributed by atoms with Crippen molar-refractivity contribution in [3.63, 3.8) is 0 Å². The predicted octanol–water partition coefficient (Wildman–Crippen LogP) is 2.02. The number of benzene rings is 1. The molecule has 1 aromatic heterocycles. The van der Waals surface area contributed by atoms with E-state index < -0.39 is 10.0 Å². The molecular weight excluding hydrogens is 304 g/mol. The van der Waals surface area contributed by atoms with Crippen LogP contribution in [0.15, 0.2) is 46.2 Å². The SMILES string of the molecule is CCOCc1cccc(S(=O)(=O)Nc2c[nH]c(=O)cc2C)c1. The monoisotopic (exact) mass is 322 g/mol. The van der Waals surface area contributed by atoms with Crippen molar-refractivity contribution in [3.8, 4) is 0 Å².